The van der Waals surface area contributed by atoms with Crippen LogP contribution in [-0.2, 0) is 5.75 Å². The van der Waals surface area contributed by atoms with Crippen LogP contribution in [0.1, 0.15) is 5.89 Å². The molecule has 4 aromatic rings. The second kappa shape index (κ2) is 6.39. The number of rotatable bonds is 5. The Morgan fingerprint density at radius 2 is 1.91 bits per heavy atom. The Morgan fingerprint density at radius 3 is 2.74 bits per heavy atom. The van der Waals surface area contributed by atoms with E-state index in [9.17, 15) is 0 Å². The fraction of sp³-hybridized carbons (Fsp3) is 0.0625. The van der Waals surface area contributed by atoms with E-state index in [1.165, 1.54) is 11.8 Å². The molecule has 114 valence electrons. The van der Waals surface area contributed by atoms with Crippen LogP contribution < -0.4 is 0 Å². The van der Waals surface area contributed by atoms with E-state index >= 15 is 0 Å². The fourth-order valence-electron chi connectivity index (χ4n) is 2.00. The summed E-state index contributed by atoms with van der Waals surface area (Å²) in [5.41, 5.74) is 1.01. The van der Waals surface area contributed by atoms with Crippen LogP contribution in [0.15, 0.2) is 68.1 Å². The Morgan fingerprint density at radius 1 is 1.00 bits per heavy atom. The fourth-order valence-corrected chi connectivity index (χ4v) is 3.27. The van der Waals surface area contributed by atoms with Crippen molar-refractivity contribution in [3.63, 3.8) is 0 Å². The van der Waals surface area contributed by atoms with E-state index in [-0.39, 0.29) is 0 Å². The highest BCUT2D eigenvalue weighted by Crippen LogP contribution is 2.29. The van der Waals surface area contributed by atoms with Gasteiger partial charge in [-0.2, -0.15) is 0 Å². The Hall–Kier alpha value is -2.38. The summed E-state index contributed by atoms with van der Waals surface area (Å²) in [5, 5.41) is 10.6. The summed E-state index contributed by atoms with van der Waals surface area (Å²) < 4.78 is 11.4. The quantitative estimate of drug-likeness (QED) is 0.488. The molecule has 0 saturated carbocycles. The molecule has 0 spiro atoms. The van der Waals surface area contributed by atoms with Crippen molar-refractivity contribution in [1.82, 2.24) is 15.2 Å². The summed E-state index contributed by atoms with van der Waals surface area (Å²) >= 11 is 2.98. The van der Waals surface area contributed by atoms with Crippen molar-refractivity contribution in [2.24, 2.45) is 0 Å². The first-order valence-corrected chi connectivity index (χ1v) is 8.75. The van der Waals surface area contributed by atoms with Crippen molar-refractivity contribution in [3.05, 3.63) is 59.9 Å². The molecule has 5 nitrogen and oxygen atoms in total. The molecule has 0 aliphatic rings. The molecule has 1 aromatic carbocycles. The third-order valence-corrected chi connectivity index (χ3v) is 4.73. The van der Waals surface area contributed by atoms with Crippen LogP contribution in [-0.4, -0.2) is 15.2 Å². The van der Waals surface area contributed by atoms with Crippen molar-refractivity contribution in [2.45, 2.75) is 11.0 Å². The number of oxazole rings is 1. The van der Waals surface area contributed by atoms with Gasteiger partial charge in [-0.25, -0.2) is 4.98 Å². The molecule has 0 radical (unpaired) electrons. The van der Waals surface area contributed by atoms with E-state index in [1.54, 1.807) is 17.5 Å². The van der Waals surface area contributed by atoms with E-state index in [0.29, 0.717) is 22.8 Å². The van der Waals surface area contributed by atoms with E-state index in [2.05, 4.69) is 15.2 Å². The summed E-state index contributed by atoms with van der Waals surface area (Å²) in [5.74, 6) is 2.47. The summed E-state index contributed by atoms with van der Waals surface area (Å²) in [6, 6.07) is 13.8. The first kappa shape index (κ1) is 14.2. The molecule has 23 heavy (non-hydrogen) atoms. The van der Waals surface area contributed by atoms with Crippen LogP contribution in [0.25, 0.3) is 22.1 Å². The minimum Gasteiger partial charge on any atom is -0.440 e. The standard InChI is InChI=1S/C16H11N3O2S2/c1-2-5-11(6-3-1)12-9-17-14(20-12)10-23-16-19-18-15(21-16)13-7-4-8-22-13/h1-9H,10H2. The molecule has 0 fully saturated rings. The molecular weight excluding hydrogens is 330 g/mol. The topological polar surface area (TPSA) is 65.0 Å². The monoisotopic (exact) mass is 341 g/mol. The molecule has 0 atom stereocenters. The highest BCUT2D eigenvalue weighted by molar-refractivity contribution is 7.98. The zero-order valence-corrected chi connectivity index (χ0v) is 13.5. The van der Waals surface area contributed by atoms with Gasteiger partial charge in [0.2, 0.25) is 5.89 Å². The molecule has 0 saturated heterocycles. The van der Waals surface area contributed by atoms with Crippen molar-refractivity contribution in [1.29, 1.82) is 0 Å². The summed E-state index contributed by atoms with van der Waals surface area (Å²) in [4.78, 5) is 5.25. The molecule has 0 aliphatic carbocycles. The highest BCUT2D eigenvalue weighted by atomic mass is 32.2. The molecule has 0 unspecified atom stereocenters. The maximum Gasteiger partial charge on any atom is 0.277 e. The van der Waals surface area contributed by atoms with Crippen LogP contribution in [0.3, 0.4) is 0 Å². The Bertz CT molecular complexity index is 885. The van der Waals surface area contributed by atoms with Gasteiger partial charge < -0.3 is 8.83 Å². The van der Waals surface area contributed by atoms with Gasteiger partial charge in [0.1, 0.15) is 0 Å². The van der Waals surface area contributed by atoms with E-state index in [0.717, 1.165) is 16.2 Å². The molecule has 3 aromatic heterocycles. The number of aromatic nitrogens is 3. The van der Waals surface area contributed by atoms with Crippen LogP contribution in [0, 0.1) is 0 Å². The number of nitrogens with zero attached hydrogens (tertiary/aromatic N) is 3. The molecule has 7 heteroatoms. The molecule has 0 aliphatic heterocycles. The Labute approximate surface area is 140 Å². The molecule has 0 amide bonds. The average Bonchev–Trinajstić information content (AvgIpc) is 3.33. The zero-order valence-electron chi connectivity index (χ0n) is 11.9. The third kappa shape index (κ3) is 3.20. The van der Waals surface area contributed by atoms with Crippen molar-refractivity contribution < 1.29 is 8.83 Å². The largest absolute Gasteiger partial charge is 0.440 e. The molecular formula is C16H11N3O2S2. The van der Waals surface area contributed by atoms with Gasteiger partial charge >= 0.3 is 0 Å². The minimum atomic E-state index is 0.507. The highest BCUT2D eigenvalue weighted by Gasteiger charge is 2.12. The smallest absolute Gasteiger partial charge is 0.277 e. The predicted octanol–water partition coefficient (Wildman–Crippen LogP) is 4.75. The maximum atomic E-state index is 5.75. The number of thioether (sulfide) groups is 1. The normalized spacial score (nSPS) is 11.0. The molecule has 0 bridgehead atoms. The first-order valence-electron chi connectivity index (χ1n) is 6.89. The summed E-state index contributed by atoms with van der Waals surface area (Å²) in [6.45, 7) is 0. The van der Waals surface area contributed by atoms with Crippen LogP contribution in [0.2, 0.25) is 0 Å². The lowest BCUT2D eigenvalue weighted by Gasteiger charge is -1.94. The second-order valence-corrected chi connectivity index (χ2v) is 6.50. The summed E-state index contributed by atoms with van der Waals surface area (Å²) in [7, 11) is 0. The van der Waals surface area contributed by atoms with Crippen molar-refractivity contribution >= 4 is 23.1 Å². The van der Waals surface area contributed by atoms with Gasteiger partial charge in [0.25, 0.3) is 11.1 Å². The first-order chi connectivity index (χ1) is 11.4. The van der Waals surface area contributed by atoms with Crippen LogP contribution in [0.4, 0.5) is 0 Å². The molecule has 3 heterocycles. The van der Waals surface area contributed by atoms with E-state index in [1.807, 2.05) is 47.8 Å². The van der Waals surface area contributed by atoms with Gasteiger partial charge in [-0.05, 0) is 11.4 Å². The Kier molecular flexibility index (Phi) is 3.95. The third-order valence-electron chi connectivity index (χ3n) is 3.07. The van der Waals surface area contributed by atoms with Gasteiger partial charge in [-0.3, -0.25) is 0 Å². The number of thiophene rings is 1. The van der Waals surface area contributed by atoms with E-state index < -0.39 is 0 Å². The maximum absolute atomic E-state index is 5.75. The SMILES string of the molecule is c1ccc(-c2cnc(CSc3nnc(-c4cccs4)o3)o2)cc1. The molecule has 4 rings (SSSR count). The Balaban J connectivity index is 1.43. The van der Waals surface area contributed by atoms with Gasteiger partial charge in [0.15, 0.2) is 5.76 Å². The lowest BCUT2D eigenvalue weighted by Crippen LogP contribution is -1.79. The van der Waals surface area contributed by atoms with Crippen molar-refractivity contribution in [3.8, 4) is 22.1 Å². The van der Waals surface area contributed by atoms with Gasteiger partial charge in [0, 0.05) is 5.56 Å². The lowest BCUT2D eigenvalue weighted by molar-refractivity contribution is 0.465. The average molecular weight is 341 g/mol. The predicted molar refractivity (Wildman–Crippen MR) is 89.1 cm³/mol. The van der Waals surface area contributed by atoms with Gasteiger partial charge in [0.05, 0.1) is 16.8 Å². The van der Waals surface area contributed by atoms with Crippen LogP contribution in [0.5, 0.6) is 0 Å². The number of hydrogen-bond acceptors (Lipinski definition) is 7. The summed E-state index contributed by atoms with van der Waals surface area (Å²) in [6.07, 6.45) is 1.73. The van der Waals surface area contributed by atoms with E-state index in [4.69, 9.17) is 8.83 Å². The lowest BCUT2D eigenvalue weighted by atomic mass is 10.2. The van der Waals surface area contributed by atoms with Crippen molar-refractivity contribution in [2.75, 3.05) is 0 Å². The minimum absolute atomic E-state index is 0.507. The van der Waals surface area contributed by atoms with Crippen LogP contribution >= 0.6 is 23.1 Å². The zero-order chi connectivity index (χ0) is 15.5. The molecule has 0 N–H and O–H groups in total. The number of benzene rings is 1. The second-order valence-electron chi connectivity index (χ2n) is 4.62. The van der Waals surface area contributed by atoms with Gasteiger partial charge in [-0.15, -0.1) is 21.5 Å². The number of hydrogen-bond donors (Lipinski definition) is 0. The van der Waals surface area contributed by atoms with Gasteiger partial charge in [-0.1, -0.05) is 48.2 Å².